The van der Waals surface area contributed by atoms with Crippen LogP contribution in [-0.2, 0) is 28.0 Å². The van der Waals surface area contributed by atoms with Gasteiger partial charge in [0, 0.05) is 0 Å². The van der Waals surface area contributed by atoms with Crippen molar-refractivity contribution in [1.82, 2.24) is 0 Å². The van der Waals surface area contributed by atoms with E-state index in [2.05, 4.69) is 0 Å². The van der Waals surface area contributed by atoms with E-state index in [-0.39, 0.29) is 87.1 Å². The number of hydrogen-bond donors (Lipinski definition) is 0. The summed E-state index contributed by atoms with van der Waals surface area (Å²) < 4.78 is 0. The van der Waals surface area contributed by atoms with E-state index in [1.807, 2.05) is 0 Å². The molecule has 0 aliphatic heterocycles. The zero-order valence-electron chi connectivity index (χ0n) is 3.12. The quantitative estimate of drug-likeness (QED) is 0.302. The van der Waals surface area contributed by atoms with E-state index in [0.29, 0.717) is 0 Å². The van der Waals surface area contributed by atoms with Crippen LogP contribution in [0.4, 0.5) is 0 Å². The van der Waals surface area contributed by atoms with Gasteiger partial charge in [-0.25, -0.2) is 0 Å². The first-order valence-corrected chi connectivity index (χ1v) is 0. The van der Waals surface area contributed by atoms with Crippen LogP contribution in [0.5, 0.6) is 0 Å². The summed E-state index contributed by atoms with van der Waals surface area (Å²) in [5, 5.41) is 0. The van der Waals surface area contributed by atoms with Crippen LogP contribution >= 0.6 is 0 Å². The Bertz CT molecular complexity index is 7.61. The predicted molar refractivity (Wildman–Crippen MR) is 1.37 cm³/mol. The summed E-state index contributed by atoms with van der Waals surface area (Å²) in [5.74, 6) is 0. The van der Waals surface area contributed by atoms with Crippen LogP contribution in [0, 0.1) is 0 Å². The zero-order valence-corrected chi connectivity index (χ0v) is 8.06. The molecule has 0 amide bonds. The summed E-state index contributed by atoms with van der Waals surface area (Å²) in [6.45, 7) is 0. The number of rotatable bonds is 0. The summed E-state index contributed by atoms with van der Waals surface area (Å²) in [4.78, 5) is 0. The van der Waals surface area contributed by atoms with Crippen molar-refractivity contribution >= 4 is 0 Å². The van der Waals surface area contributed by atoms with Crippen molar-refractivity contribution in [2.75, 3.05) is 0 Å². The van der Waals surface area contributed by atoms with Crippen molar-refractivity contribution in [1.29, 1.82) is 0 Å². The molecular weight excluding hydrogens is 142 g/mol. The second-order valence-corrected chi connectivity index (χ2v) is 0. The molecule has 0 saturated heterocycles. The van der Waals surface area contributed by atoms with Crippen molar-refractivity contribution in [2.24, 2.45) is 0 Å². The largest absolute Gasteiger partial charge is 2.00 e. The third-order valence-corrected chi connectivity index (χ3v) is 0. The Kier molecular flexibility index (Phi) is 332. The summed E-state index contributed by atoms with van der Waals surface area (Å²) in [6.07, 6.45) is 0. The van der Waals surface area contributed by atoms with Gasteiger partial charge in [-0.05, 0) is 0 Å². The molecule has 5 heteroatoms. The first-order chi connectivity index (χ1) is 0. The van der Waals surface area contributed by atoms with E-state index in [0.717, 1.165) is 0 Å². The van der Waals surface area contributed by atoms with E-state index >= 15 is 0 Å². The fourth-order valence-electron chi connectivity index (χ4n) is 0. The van der Waals surface area contributed by atoms with Crippen LogP contribution in [0.1, 0.15) is 0 Å². The van der Waals surface area contributed by atoms with Gasteiger partial charge < -0.3 is 11.0 Å². The molecular formula is CuNa2O2. The maximum atomic E-state index is 0. The first kappa shape index (κ1) is 51.8. The molecule has 0 aliphatic carbocycles. The normalized spacial score (nSPS) is 0. The Hall–Kier alpha value is 2.44. The van der Waals surface area contributed by atoms with E-state index in [1.54, 1.807) is 0 Å². The Labute approximate surface area is 85.8 Å². The van der Waals surface area contributed by atoms with Gasteiger partial charge in [0.1, 0.15) is 0 Å². The molecule has 0 fully saturated rings. The van der Waals surface area contributed by atoms with Crippen LogP contribution in [0.15, 0.2) is 0 Å². The molecule has 0 aliphatic rings. The molecule has 0 bridgehead atoms. The van der Waals surface area contributed by atoms with Crippen molar-refractivity contribution in [3.05, 3.63) is 0 Å². The Morgan fingerprint density at radius 2 is 0.600 bits per heavy atom. The maximum Gasteiger partial charge on any atom is 2.00 e. The second kappa shape index (κ2) is 32.0. The fraction of sp³-hybridized carbons (Fsp3) is 0. The fourth-order valence-corrected chi connectivity index (χ4v) is 0. The van der Waals surface area contributed by atoms with Crippen molar-refractivity contribution in [3.8, 4) is 0 Å². The average Bonchev–Trinajstić information content (AvgIpc) is 0. The third kappa shape index (κ3) is 21.3. The average molecular weight is 142 g/mol. The van der Waals surface area contributed by atoms with Crippen LogP contribution in [0.25, 0.3) is 0 Å². The molecule has 1 radical (unpaired) electrons. The van der Waals surface area contributed by atoms with Gasteiger partial charge in [0.15, 0.2) is 0 Å². The van der Waals surface area contributed by atoms with Crippen LogP contribution in [0.2, 0.25) is 0 Å². The van der Waals surface area contributed by atoms with Gasteiger partial charge in [-0.2, -0.15) is 0 Å². The minimum absolute atomic E-state index is 0. The zero-order chi connectivity index (χ0) is 0. The summed E-state index contributed by atoms with van der Waals surface area (Å²) in [6, 6.07) is 0. The molecule has 0 spiro atoms. The van der Waals surface area contributed by atoms with Gasteiger partial charge in [-0.15, -0.1) is 0 Å². The van der Waals surface area contributed by atoms with Crippen LogP contribution < -0.4 is 59.1 Å². The molecule has 2 nitrogen and oxygen atoms in total. The Morgan fingerprint density at radius 1 is 0.600 bits per heavy atom. The summed E-state index contributed by atoms with van der Waals surface area (Å²) in [5.41, 5.74) is 0. The minimum atomic E-state index is 0. The van der Waals surface area contributed by atoms with E-state index < -0.39 is 0 Å². The molecule has 0 aromatic heterocycles. The van der Waals surface area contributed by atoms with E-state index in [9.17, 15) is 0 Å². The second-order valence-electron chi connectivity index (χ2n) is 0. The van der Waals surface area contributed by atoms with Crippen LogP contribution in [0.3, 0.4) is 0 Å². The maximum absolute atomic E-state index is 0. The topological polar surface area (TPSA) is 57.0 Å². The van der Waals surface area contributed by atoms with Crippen molar-refractivity contribution in [2.45, 2.75) is 0 Å². The molecule has 0 rings (SSSR count). The van der Waals surface area contributed by atoms with Crippen molar-refractivity contribution in [3.63, 3.8) is 0 Å². The smallest absolute Gasteiger partial charge is 2.00 e. The minimum Gasteiger partial charge on any atom is -2.00 e. The van der Waals surface area contributed by atoms with Gasteiger partial charge in [0.25, 0.3) is 0 Å². The van der Waals surface area contributed by atoms with Gasteiger partial charge in [-0.3, -0.25) is 0 Å². The molecule has 25 valence electrons. The molecule has 0 unspecified atom stereocenters. The predicted octanol–water partition coefficient (Wildman–Crippen LogP) is -6.23. The Balaban J connectivity index is 0. The summed E-state index contributed by atoms with van der Waals surface area (Å²) in [7, 11) is 0. The molecule has 0 saturated carbocycles. The van der Waals surface area contributed by atoms with Crippen LogP contribution in [-0.4, -0.2) is 0 Å². The van der Waals surface area contributed by atoms with E-state index in [1.165, 1.54) is 0 Å². The van der Waals surface area contributed by atoms with Gasteiger partial charge in [-0.1, -0.05) is 0 Å². The molecule has 0 N–H and O–H groups in total. The SMILES string of the molecule is [Cu+2].[Na+].[Na+].[O-2].[O-2]. The first-order valence-electron chi connectivity index (χ1n) is 0. The van der Waals surface area contributed by atoms with E-state index in [4.69, 9.17) is 0 Å². The molecule has 0 atom stereocenters. The van der Waals surface area contributed by atoms with Gasteiger partial charge in [0.05, 0.1) is 0 Å². The standard InChI is InChI=1S/Cu.2Na.2O/q+2;2*+1;2*-2. The third-order valence-electron chi connectivity index (χ3n) is 0. The Morgan fingerprint density at radius 3 is 0.600 bits per heavy atom. The molecule has 0 heterocycles. The monoisotopic (exact) mass is 141 g/mol. The molecule has 5 heavy (non-hydrogen) atoms. The van der Waals surface area contributed by atoms with Gasteiger partial charge in [0.2, 0.25) is 0 Å². The number of hydrogen-bond acceptors (Lipinski definition) is 0. The van der Waals surface area contributed by atoms with Crippen molar-refractivity contribution < 1.29 is 87.1 Å². The molecule has 0 aromatic carbocycles. The van der Waals surface area contributed by atoms with Gasteiger partial charge >= 0.3 is 76.2 Å². The molecule has 0 aromatic rings. The summed E-state index contributed by atoms with van der Waals surface area (Å²) >= 11 is 0.